The molecule has 0 atom stereocenters. The third kappa shape index (κ3) is 2.67. The van der Waals surface area contributed by atoms with Gasteiger partial charge in [0.05, 0.1) is 17.3 Å². The van der Waals surface area contributed by atoms with E-state index in [1.54, 1.807) is 6.33 Å². The lowest BCUT2D eigenvalue weighted by atomic mass is 10.2. The zero-order chi connectivity index (χ0) is 15.6. The minimum Gasteiger partial charge on any atom is -0.356 e. The van der Waals surface area contributed by atoms with E-state index in [-0.39, 0.29) is 0 Å². The average Bonchev–Trinajstić information content (AvgIpc) is 2.83. The van der Waals surface area contributed by atoms with Crippen molar-refractivity contribution in [2.75, 3.05) is 18.0 Å². The predicted octanol–water partition coefficient (Wildman–Crippen LogP) is 3.50. The fourth-order valence-corrected chi connectivity index (χ4v) is 3.24. The van der Waals surface area contributed by atoms with Crippen LogP contribution in [-0.4, -0.2) is 32.8 Å². The lowest BCUT2D eigenvalue weighted by Gasteiger charge is -2.21. The summed E-state index contributed by atoms with van der Waals surface area (Å²) in [5, 5.41) is 5.60. The Morgan fingerprint density at radius 1 is 0.913 bits per heavy atom. The third-order valence-corrected chi connectivity index (χ3v) is 4.53. The molecular formula is C18H21N5. The van der Waals surface area contributed by atoms with Crippen LogP contribution in [0.15, 0.2) is 36.8 Å². The van der Waals surface area contributed by atoms with Crippen LogP contribution in [0.4, 0.5) is 5.82 Å². The molecule has 0 N–H and O–H groups in total. The molecule has 0 amide bonds. The second-order valence-electron chi connectivity index (χ2n) is 6.23. The summed E-state index contributed by atoms with van der Waals surface area (Å²) in [7, 11) is 0. The Labute approximate surface area is 136 Å². The SMILES string of the molecule is Cc1ccc(-n2ncc3c(N4CCCCCC4)ncnc32)cc1. The van der Waals surface area contributed by atoms with Crippen LogP contribution in [0.3, 0.4) is 0 Å². The third-order valence-electron chi connectivity index (χ3n) is 4.53. The van der Waals surface area contributed by atoms with Gasteiger partial charge in [0.1, 0.15) is 12.1 Å². The molecule has 1 aliphatic rings. The van der Waals surface area contributed by atoms with Crippen LogP contribution >= 0.6 is 0 Å². The van der Waals surface area contributed by atoms with Crippen LogP contribution in [0.25, 0.3) is 16.7 Å². The fourth-order valence-electron chi connectivity index (χ4n) is 3.24. The molecule has 4 rings (SSSR count). The first-order valence-electron chi connectivity index (χ1n) is 8.34. The highest BCUT2D eigenvalue weighted by Gasteiger charge is 2.17. The first-order chi connectivity index (χ1) is 11.3. The maximum absolute atomic E-state index is 4.56. The molecule has 0 spiro atoms. The van der Waals surface area contributed by atoms with Gasteiger partial charge >= 0.3 is 0 Å². The van der Waals surface area contributed by atoms with Crippen LogP contribution < -0.4 is 4.90 Å². The number of anilines is 1. The summed E-state index contributed by atoms with van der Waals surface area (Å²) in [6.45, 7) is 4.23. The molecule has 1 aliphatic heterocycles. The summed E-state index contributed by atoms with van der Waals surface area (Å²) in [6, 6.07) is 8.35. The topological polar surface area (TPSA) is 46.8 Å². The predicted molar refractivity (Wildman–Crippen MR) is 92.1 cm³/mol. The Bertz CT molecular complexity index is 798. The van der Waals surface area contributed by atoms with Gasteiger partial charge in [-0.2, -0.15) is 5.10 Å². The van der Waals surface area contributed by atoms with E-state index >= 15 is 0 Å². The number of aryl methyl sites for hydroxylation is 1. The van der Waals surface area contributed by atoms with Crippen molar-refractivity contribution >= 4 is 16.9 Å². The Kier molecular flexibility index (Phi) is 3.69. The van der Waals surface area contributed by atoms with E-state index in [2.05, 4.69) is 51.2 Å². The molecule has 1 aromatic carbocycles. The van der Waals surface area contributed by atoms with Gasteiger partial charge in [-0.3, -0.25) is 0 Å². The molecule has 0 bridgehead atoms. The van der Waals surface area contributed by atoms with Gasteiger partial charge in [-0.15, -0.1) is 0 Å². The summed E-state index contributed by atoms with van der Waals surface area (Å²) in [6.07, 6.45) is 8.65. The van der Waals surface area contributed by atoms with Gasteiger partial charge in [0, 0.05) is 13.1 Å². The van der Waals surface area contributed by atoms with Crippen molar-refractivity contribution in [3.05, 3.63) is 42.4 Å². The molecule has 3 heterocycles. The van der Waals surface area contributed by atoms with Gasteiger partial charge in [-0.25, -0.2) is 14.6 Å². The lowest BCUT2D eigenvalue weighted by molar-refractivity contribution is 0.726. The Hall–Kier alpha value is -2.43. The zero-order valence-corrected chi connectivity index (χ0v) is 13.4. The summed E-state index contributed by atoms with van der Waals surface area (Å²) < 4.78 is 1.90. The molecule has 0 radical (unpaired) electrons. The van der Waals surface area contributed by atoms with Crippen LogP contribution in [-0.2, 0) is 0 Å². The normalized spacial score (nSPS) is 15.8. The van der Waals surface area contributed by atoms with E-state index in [4.69, 9.17) is 0 Å². The molecule has 1 fully saturated rings. The largest absolute Gasteiger partial charge is 0.356 e. The van der Waals surface area contributed by atoms with Gasteiger partial charge in [0.15, 0.2) is 5.65 Å². The molecule has 2 aromatic heterocycles. The van der Waals surface area contributed by atoms with Gasteiger partial charge in [-0.1, -0.05) is 30.5 Å². The number of hydrogen-bond acceptors (Lipinski definition) is 4. The van der Waals surface area contributed by atoms with Gasteiger partial charge < -0.3 is 4.90 Å². The molecule has 0 saturated carbocycles. The van der Waals surface area contributed by atoms with Crippen LogP contribution in [0, 0.1) is 6.92 Å². The van der Waals surface area contributed by atoms with E-state index in [1.807, 2.05) is 10.9 Å². The molecule has 3 aromatic rings. The van der Waals surface area contributed by atoms with E-state index < -0.39 is 0 Å². The smallest absolute Gasteiger partial charge is 0.168 e. The maximum Gasteiger partial charge on any atom is 0.168 e. The van der Waals surface area contributed by atoms with E-state index in [0.717, 1.165) is 35.6 Å². The van der Waals surface area contributed by atoms with Crippen molar-refractivity contribution < 1.29 is 0 Å². The van der Waals surface area contributed by atoms with E-state index in [1.165, 1.54) is 31.2 Å². The Balaban J connectivity index is 1.78. The monoisotopic (exact) mass is 307 g/mol. The summed E-state index contributed by atoms with van der Waals surface area (Å²) >= 11 is 0. The number of benzene rings is 1. The minimum atomic E-state index is 0.878. The second kappa shape index (κ2) is 5.99. The summed E-state index contributed by atoms with van der Waals surface area (Å²) in [5.41, 5.74) is 3.15. The van der Waals surface area contributed by atoms with Crippen molar-refractivity contribution in [3.8, 4) is 5.69 Å². The maximum atomic E-state index is 4.56. The summed E-state index contributed by atoms with van der Waals surface area (Å²) in [5.74, 6) is 1.02. The zero-order valence-electron chi connectivity index (χ0n) is 13.4. The number of aromatic nitrogens is 4. The van der Waals surface area contributed by atoms with Gasteiger partial charge in [-0.05, 0) is 31.9 Å². The number of rotatable bonds is 2. The average molecular weight is 307 g/mol. The first kappa shape index (κ1) is 14.2. The molecule has 5 heteroatoms. The van der Waals surface area contributed by atoms with Crippen LogP contribution in [0.1, 0.15) is 31.2 Å². The fraction of sp³-hybridized carbons (Fsp3) is 0.389. The highest BCUT2D eigenvalue weighted by molar-refractivity contribution is 5.87. The standard InChI is InChI=1S/C18H21N5/c1-14-6-8-15(9-7-14)23-18-16(12-21-23)17(19-13-20-18)22-10-4-2-3-5-11-22/h6-9,12-13H,2-5,10-11H2,1H3. The van der Waals surface area contributed by atoms with Crippen molar-refractivity contribution in [2.24, 2.45) is 0 Å². The molecular weight excluding hydrogens is 286 g/mol. The van der Waals surface area contributed by atoms with Crippen LogP contribution in [0.5, 0.6) is 0 Å². The first-order valence-corrected chi connectivity index (χ1v) is 8.34. The van der Waals surface area contributed by atoms with Crippen molar-refractivity contribution in [3.63, 3.8) is 0 Å². The molecule has 0 unspecified atom stereocenters. The molecule has 1 saturated heterocycles. The second-order valence-corrected chi connectivity index (χ2v) is 6.23. The Morgan fingerprint density at radius 2 is 1.65 bits per heavy atom. The molecule has 5 nitrogen and oxygen atoms in total. The summed E-state index contributed by atoms with van der Waals surface area (Å²) in [4.78, 5) is 11.4. The van der Waals surface area contributed by atoms with Crippen molar-refractivity contribution in [1.82, 2.24) is 19.7 Å². The van der Waals surface area contributed by atoms with Crippen molar-refractivity contribution in [1.29, 1.82) is 0 Å². The highest BCUT2D eigenvalue weighted by atomic mass is 15.3. The number of fused-ring (bicyclic) bond motifs is 1. The van der Waals surface area contributed by atoms with E-state index in [0.29, 0.717) is 0 Å². The molecule has 118 valence electrons. The number of nitrogens with zero attached hydrogens (tertiary/aromatic N) is 5. The van der Waals surface area contributed by atoms with E-state index in [9.17, 15) is 0 Å². The quantitative estimate of drug-likeness (QED) is 0.727. The van der Waals surface area contributed by atoms with Crippen LogP contribution in [0.2, 0.25) is 0 Å². The molecule has 23 heavy (non-hydrogen) atoms. The number of hydrogen-bond donors (Lipinski definition) is 0. The minimum absolute atomic E-state index is 0.878. The van der Waals surface area contributed by atoms with Gasteiger partial charge in [0.2, 0.25) is 0 Å². The van der Waals surface area contributed by atoms with Gasteiger partial charge in [0.25, 0.3) is 0 Å². The van der Waals surface area contributed by atoms with Crippen molar-refractivity contribution in [2.45, 2.75) is 32.6 Å². The Morgan fingerprint density at radius 3 is 2.39 bits per heavy atom. The lowest BCUT2D eigenvalue weighted by Crippen LogP contribution is -2.25. The molecule has 0 aliphatic carbocycles. The highest BCUT2D eigenvalue weighted by Crippen LogP contribution is 2.26.